The summed E-state index contributed by atoms with van der Waals surface area (Å²) in [7, 11) is 2.16. The molecule has 0 fully saturated rings. The third-order valence-corrected chi connectivity index (χ3v) is 5.02. The third-order valence-electron chi connectivity index (χ3n) is 3.18. The first-order chi connectivity index (χ1) is 8.61. The van der Waals surface area contributed by atoms with Crippen molar-refractivity contribution in [1.82, 2.24) is 4.90 Å². The molecule has 0 saturated carbocycles. The van der Waals surface area contributed by atoms with E-state index in [4.69, 9.17) is 5.73 Å². The van der Waals surface area contributed by atoms with Crippen LogP contribution < -0.4 is 5.73 Å². The molecule has 2 aromatic rings. The van der Waals surface area contributed by atoms with Crippen molar-refractivity contribution in [1.29, 1.82) is 0 Å². The maximum Gasteiger partial charge on any atom is 0.0482 e. The minimum absolute atomic E-state index is 0.317. The molecule has 0 saturated heterocycles. The van der Waals surface area contributed by atoms with Gasteiger partial charge in [-0.3, -0.25) is 4.90 Å². The number of nitrogens with zero attached hydrogens (tertiary/aromatic N) is 1. The van der Waals surface area contributed by atoms with E-state index in [0.29, 0.717) is 12.6 Å². The second-order valence-corrected chi connectivity index (χ2v) is 7.11. The van der Waals surface area contributed by atoms with Crippen LogP contribution in [0.3, 0.4) is 0 Å². The van der Waals surface area contributed by atoms with E-state index >= 15 is 0 Å². The summed E-state index contributed by atoms with van der Waals surface area (Å²) in [6.45, 7) is 5.98. The summed E-state index contributed by atoms with van der Waals surface area (Å²) in [6.07, 6.45) is 0. The highest BCUT2D eigenvalue weighted by Crippen LogP contribution is 2.30. The molecular formula is C14H20N2S2. The SMILES string of the molecule is Cc1cc(C(CN)N(C)Cc2cccs2)c(C)s1. The number of hydrogen-bond acceptors (Lipinski definition) is 4. The molecule has 0 spiro atoms. The summed E-state index contributed by atoms with van der Waals surface area (Å²) in [4.78, 5) is 6.49. The van der Waals surface area contributed by atoms with Crippen molar-refractivity contribution < 1.29 is 0 Å². The van der Waals surface area contributed by atoms with Crippen molar-refractivity contribution in [3.05, 3.63) is 43.8 Å². The van der Waals surface area contributed by atoms with Crippen LogP contribution in [0.15, 0.2) is 23.6 Å². The van der Waals surface area contributed by atoms with Gasteiger partial charge >= 0.3 is 0 Å². The van der Waals surface area contributed by atoms with Gasteiger partial charge in [0.05, 0.1) is 0 Å². The Morgan fingerprint density at radius 1 is 1.39 bits per heavy atom. The summed E-state index contributed by atoms with van der Waals surface area (Å²) in [6, 6.07) is 6.88. The summed E-state index contributed by atoms with van der Waals surface area (Å²) in [5.41, 5.74) is 7.37. The summed E-state index contributed by atoms with van der Waals surface area (Å²) in [5.74, 6) is 0. The van der Waals surface area contributed by atoms with E-state index in [1.54, 1.807) is 11.3 Å². The molecule has 18 heavy (non-hydrogen) atoms. The predicted molar refractivity (Wildman–Crippen MR) is 81.4 cm³/mol. The standard InChI is InChI=1S/C14H20N2S2/c1-10-7-13(11(2)18-10)14(8-15)16(3)9-12-5-4-6-17-12/h4-7,14H,8-9,15H2,1-3H3. The van der Waals surface area contributed by atoms with Gasteiger partial charge in [0.2, 0.25) is 0 Å². The predicted octanol–water partition coefficient (Wildman–Crippen LogP) is 3.56. The Morgan fingerprint density at radius 3 is 2.67 bits per heavy atom. The summed E-state index contributed by atoms with van der Waals surface area (Å²) in [5, 5.41) is 2.13. The lowest BCUT2D eigenvalue weighted by Crippen LogP contribution is -2.30. The van der Waals surface area contributed by atoms with Crippen molar-refractivity contribution in [2.24, 2.45) is 5.73 Å². The minimum atomic E-state index is 0.317. The molecule has 98 valence electrons. The molecule has 0 amide bonds. The molecule has 0 bridgehead atoms. The quantitative estimate of drug-likeness (QED) is 0.907. The highest BCUT2D eigenvalue weighted by Gasteiger charge is 2.19. The topological polar surface area (TPSA) is 29.3 Å². The van der Waals surface area contributed by atoms with Crippen molar-refractivity contribution in [3.63, 3.8) is 0 Å². The van der Waals surface area contributed by atoms with E-state index in [2.05, 4.69) is 49.4 Å². The Morgan fingerprint density at radius 2 is 2.17 bits per heavy atom. The molecule has 1 atom stereocenters. The zero-order valence-corrected chi connectivity index (χ0v) is 12.8. The van der Waals surface area contributed by atoms with Gasteiger partial charge < -0.3 is 5.73 Å². The average molecular weight is 280 g/mol. The molecule has 1 unspecified atom stereocenters. The van der Waals surface area contributed by atoms with Gasteiger partial charge in [0.25, 0.3) is 0 Å². The van der Waals surface area contributed by atoms with Gasteiger partial charge in [-0.15, -0.1) is 22.7 Å². The van der Waals surface area contributed by atoms with Crippen LogP contribution in [0.1, 0.15) is 26.2 Å². The molecule has 2 aromatic heterocycles. The first-order valence-corrected chi connectivity index (χ1v) is 7.81. The van der Waals surface area contributed by atoms with Crippen molar-refractivity contribution in [3.8, 4) is 0 Å². The summed E-state index contributed by atoms with van der Waals surface area (Å²) >= 11 is 3.66. The van der Waals surface area contributed by atoms with Crippen LogP contribution in [0.4, 0.5) is 0 Å². The van der Waals surface area contributed by atoms with E-state index in [1.807, 2.05) is 11.3 Å². The smallest absolute Gasteiger partial charge is 0.0482 e. The van der Waals surface area contributed by atoms with Gasteiger partial charge in [0.1, 0.15) is 0 Å². The zero-order chi connectivity index (χ0) is 13.1. The molecule has 0 aliphatic rings. The number of nitrogens with two attached hydrogens (primary N) is 1. The Labute approximate surface area is 117 Å². The number of hydrogen-bond donors (Lipinski definition) is 1. The first kappa shape index (κ1) is 13.7. The van der Waals surface area contributed by atoms with Gasteiger partial charge in [-0.05, 0) is 44.0 Å². The Kier molecular flexibility index (Phi) is 4.56. The van der Waals surface area contributed by atoms with Crippen molar-refractivity contribution in [2.45, 2.75) is 26.4 Å². The number of aryl methyl sites for hydroxylation is 2. The van der Waals surface area contributed by atoms with Crippen molar-refractivity contribution in [2.75, 3.05) is 13.6 Å². The fourth-order valence-electron chi connectivity index (χ4n) is 2.28. The van der Waals surface area contributed by atoms with Gasteiger partial charge in [0, 0.05) is 33.8 Å². The van der Waals surface area contributed by atoms with Crippen LogP contribution in [-0.4, -0.2) is 18.5 Å². The lowest BCUT2D eigenvalue weighted by Gasteiger charge is -2.26. The Bertz CT molecular complexity index is 488. The fraction of sp³-hybridized carbons (Fsp3) is 0.429. The van der Waals surface area contributed by atoms with Gasteiger partial charge in [-0.2, -0.15) is 0 Å². The van der Waals surface area contributed by atoms with Gasteiger partial charge in [0.15, 0.2) is 0 Å². The maximum absolute atomic E-state index is 5.98. The van der Waals surface area contributed by atoms with E-state index in [-0.39, 0.29) is 0 Å². The molecule has 0 aromatic carbocycles. The summed E-state index contributed by atoms with van der Waals surface area (Å²) < 4.78 is 0. The number of rotatable bonds is 5. The Hall–Kier alpha value is -0.680. The second kappa shape index (κ2) is 5.97. The van der Waals surface area contributed by atoms with Crippen LogP contribution in [0.2, 0.25) is 0 Å². The number of thiophene rings is 2. The highest BCUT2D eigenvalue weighted by atomic mass is 32.1. The number of likely N-dealkylation sites (N-methyl/N-ethyl adjacent to an activating group) is 1. The van der Waals surface area contributed by atoms with E-state index in [1.165, 1.54) is 20.2 Å². The van der Waals surface area contributed by atoms with Crippen LogP contribution >= 0.6 is 22.7 Å². The van der Waals surface area contributed by atoms with Crippen molar-refractivity contribution >= 4 is 22.7 Å². The lowest BCUT2D eigenvalue weighted by molar-refractivity contribution is 0.243. The normalized spacial score (nSPS) is 13.2. The first-order valence-electron chi connectivity index (χ1n) is 6.11. The van der Waals surface area contributed by atoms with Crippen LogP contribution in [0.5, 0.6) is 0 Å². The fourth-order valence-corrected chi connectivity index (χ4v) is 4.03. The zero-order valence-electron chi connectivity index (χ0n) is 11.1. The highest BCUT2D eigenvalue weighted by molar-refractivity contribution is 7.12. The van der Waals surface area contributed by atoms with Crippen LogP contribution in [0.25, 0.3) is 0 Å². The molecule has 0 aliphatic heterocycles. The molecular weight excluding hydrogens is 260 g/mol. The van der Waals surface area contributed by atoms with E-state index < -0.39 is 0 Å². The van der Waals surface area contributed by atoms with Gasteiger partial charge in [-0.25, -0.2) is 0 Å². The lowest BCUT2D eigenvalue weighted by atomic mass is 10.1. The van der Waals surface area contributed by atoms with Gasteiger partial charge in [-0.1, -0.05) is 6.07 Å². The molecule has 2 rings (SSSR count). The molecule has 0 aliphatic carbocycles. The Balaban J connectivity index is 2.15. The molecule has 2 N–H and O–H groups in total. The molecule has 0 radical (unpaired) electrons. The van der Waals surface area contributed by atoms with Crippen LogP contribution in [0, 0.1) is 13.8 Å². The largest absolute Gasteiger partial charge is 0.329 e. The maximum atomic E-state index is 5.98. The van der Waals surface area contributed by atoms with Crippen LogP contribution in [-0.2, 0) is 6.54 Å². The monoisotopic (exact) mass is 280 g/mol. The van der Waals surface area contributed by atoms with E-state index in [9.17, 15) is 0 Å². The minimum Gasteiger partial charge on any atom is -0.329 e. The molecule has 2 nitrogen and oxygen atoms in total. The molecule has 2 heterocycles. The molecule has 4 heteroatoms. The second-order valence-electron chi connectivity index (χ2n) is 4.61. The third kappa shape index (κ3) is 3.01. The average Bonchev–Trinajstić information content (AvgIpc) is 2.91. The van der Waals surface area contributed by atoms with E-state index in [0.717, 1.165) is 6.54 Å².